The summed E-state index contributed by atoms with van der Waals surface area (Å²) in [5.74, 6) is 0.319. The molecule has 2 N–H and O–H groups in total. The highest BCUT2D eigenvalue weighted by atomic mass is 16.3. The Morgan fingerprint density at radius 2 is 1.58 bits per heavy atom. The van der Waals surface area contributed by atoms with Crippen LogP contribution in [0.3, 0.4) is 0 Å². The second kappa shape index (κ2) is 3.15. The lowest BCUT2D eigenvalue weighted by atomic mass is 10.0. The number of phenolic OH excluding ortho intramolecular Hbond substituents is 1. The van der Waals surface area contributed by atoms with E-state index in [1.54, 1.807) is 19.1 Å². The minimum atomic E-state index is -0.469. The van der Waals surface area contributed by atoms with E-state index in [-0.39, 0.29) is 0 Å². The summed E-state index contributed by atoms with van der Waals surface area (Å²) in [6, 6.07) is 3.60. The molecule has 12 heavy (non-hydrogen) atoms. The van der Waals surface area contributed by atoms with Crippen LogP contribution in [-0.2, 0) is 0 Å². The fraction of sp³-hybridized carbons (Fsp3) is 0.400. The SMILES string of the molecule is Cc1cc([C@H](C)O)cc(C)c1O. The molecule has 0 spiro atoms. The van der Waals surface area contributed by atoms with Gasteiger partial charge in [-0.3, -0.25) is 0 Å². The molecule has 1 aromatic rings. The molecule has 0 heterocycles. The minimum absolute atomic E-state index is 0.319. The average molecular weight is 166 g/mol. The van der Waals surface area contributed by atoms with Gasteiger partial charge in [-0.15, -0.1) is 0 Å². The van der Waals surface area contributed by atoms with Gasteiger partial charge in [-0.05, 0) is 49.6 Å². The van der Waals surface area contributed by atoms with Gasteiger partial charge >= 0.3 is 0 Å². The second-order valence-corrected chi connectivity index (χ2v) is 3.18. The van der Waals surface area contributed by atoms with Crippen LogP contribution in [0.5, 0.6) is 5.75 Å². The van der Waals surface area contributed by atoms with Crippen molar-refractivity contribution in [2.24, 2.45) is 0 Å². The van der Waals surface area contributed by atoms with Crippen LogP contribution in [0.15, 0.2) is 12.1 Å². The van der Waals surface area contributed by atoms with Crippen LogP contribution in [0.25, 0.3) is 0 Å². The van der Waals surface area contributed by atoms with Crippen molar-refractivity contribution < 1.29 is 10.2 Å². The van der Waals surface area contributed by atoms with Crippen molar-refractivity contribution in [3.63, 3.8) is 0 Å². The lowest BCUT2D eigenvalue weighted by Gasteiger charge is -2.09. The molecular formula is C10H14O2. The van der Waals surface area contributed by atoms with E-state index >= 15 is 0 Å². The fourth-order valence-corrected chi connectivity index (χ4v) is 1.23. The van der Waals surface area contributed by atoms with Crippen LogP contribution in [0.4, 0.5) is 0 Å². The van der Waals surface area contributed by atoms with Crippen LogP contribution < -0.4 is 0 Å². The first-order valence-corrected chi connectivity index (χ1v) is 4.00. The van der Waals surface area contributed by atoms with Crippen molar-refractivity contribution in [1.82, 2.24) is 0 Å². The summed E-state index contributed by atoms with van der Waals surface area (Å²) in [6.07, 6.45) is -0.469. The Hall–Kier alpha value is -1.02. The van der Waals surface area contributed by atoms with Crippen molar-refractivity contribution in [3.8, 4) is 5.75 Å². The molecule has 0 fully saturated rings. The van der Waals surface area contributed by atoms with Crippen molar-refractivity contribution in [3.05, 3.63) is 28.8 Å². The summed E-state index contributed by atoms with van der Waals surface area (Å²) in [6.45, 7) is 5.37. The van der Waals surface area contributed by atoms with Gasteiger partial charge < -0.3 is 10.2 Å². The van der Waals surface area contributed by atoms with E-state index in [0.717, 1.165) is 16.7 Å². The maximum atomic E-state index is 9.43. The molecule has 1 atom stereocenters. The van der Waals surface area contributed by atoms with Crippen LogP contribution in [-0.4, -0.2) is 10.2 Å². The summed E-state index contributed by atoms with van der Waals surface area (Å²) in [4.78, 5) is 0. The Morgan fingerprint density at radius 3 is 1.92 bits per heavy atom. The minimum Gasteiger partial charge on any atom is -0.507 e. The number of aliphatic hydroxyl groups excluding tert-OH is 1. The molecule has 0 amide bonds. The molecule has 1 rings (SSSR count). The van der Waals surface area contributed by atoms with Gasteiger partial charge in [-0.2, -0.15) is 0 Å². The number of phenols is 1. The van der Waals surface area contributed by atoms with Gasteiger partial charge in [0.2, 0.25) is 0 Å². The summed E-state index contributed by atoms with van der Waals surface area (Å²) in [7, 11) is 0. The summed E-state index contributed by atoms with van der Waals surface area (Å²) < 4.78 is 0. The molecule has 0 saturated carbocycles. The first-order chi connectivity index (χ1) is 5.52. The third kappa shape index (κ3) is 1.59. The van der Waals surface area contributed by atoms with Gasteiger partial charge in [0.05, 0.1) is 6.10 Å². The van der Waals surface area contributed by atoms with E-state index in [2.05, 4.69) is 0 Å². The monoisotopic (exact) mass is 166 g/mol. The summed E-state index contributed by atoms with van der Waals surface area (Å²) >= 11 is 0. The molecule has 0 bridgehead atoms. The molecule has 0 aromatic heterocycles. The average Bonchev–Trinajstić information content (AvgIpc) is 1.99. The van der Waals surface area contributed by atoms with E-state index in [0.29, 0.717) is 5.75 Å². The number of rotatable bonds is 1. The van der Waals surface area contributed by atoms with Crippen LogP contribution in [0.2, 0.25) is 0 Å². The van der Waals surface area contributed by atoms with Gasteiger partial charge in [-0.1, -0.05) is 0 Å². The highest BCUT2D eigenvalue weighted by Gasteiger charge is 2.06. The normalized spacial score (nSPS) is 13.0. The molecule has 1 aromatic carbocycles. The molecule has 0 radical (unpaired) electrons. The van der Waals surface area contributed by atoms with Gasteiger partial charge in [0.1, 0.15) is 5.75 Å². The molecule has 0 saturated heterocycles. The fourth-order valence-electron chi connectivity index (χ4n) is 1.23. The van der Waals surface area contributed by atoms with Crippen LogP contribution in [0, 0.1) is 13.8 Å². The quantitative estimate of drug-likeness (QED) is 0.670. The van der Waals surface area contributed by atoms with Crippen LogP contribution >= 0.6 is 0 Å². The standard InChI is InChI=1S/C10H14O2/c1-6-4-9(8(3)11)5-7(2)10(6)12/h4-5,8,11-12H,1-3H3/t8-/m0/s1. The summed E-state index contributed by atoms with van der Waals surface area (Å²) in [5, 5.41) is 18.7. The van der Waals surface area contributed by atoms with Gasteiger partial charge in [0.25, 0.3) is 0 Å². The number of aromatic hydroxyl groups is 1. The van der Waals surface area contributed by atoms with Gasteiger partial charge in [0.15, 0.2) is 0 Å². The first kappa shape index (κ1) is 9.07. The van der Waals surface area contributed by atoms with Crippen LogP contribution in [0.1, 0.15) is 29.7 Å². The zero-order valence-electron chi connectivity index (χ0n) is 7.63. The van der Waals surface area contributed by atoms with Crippen molar-refractivity contribution >= 4 is 0 Å². The van der Waals surface area contributed by atoms with E-state index in [1.165, 1.54) is 0 Å². The number of aryl methyl sites for hydroxylation is 2. The van der Waals surface area contributed by atoms with Crippen molar-refractivity contribution in [2.75, 3.05) is 0 Å². The molecule has 2 nitrogen and oxygen atoms in total. The summed E-state index contributed by atoms with van der Waals surface area (Å²) in [5.41, 5.74) is 2.47. The molecule has 0 unspecified atom stereocenters. The lowest BCUT2D eigenvalue weighted by Crippen LogP contribution is -1.93. The van der Waals surface area contributed by atoms with E-state index < -0.39 is 6.10 Å². The molecule has 66 valence electrons. The Kier molecular flexibility index (Phi) is 2.38. The van der Waals surface area contributed by atoms with E-state index in [9.17, 15) is 10.2 Å². The molecule has 0 aliphatic carbocycles. The van der Waals surface area contributed by atoms with Gasteiger partial charge in [-0.25, -0.2) is 0 Å². The number of hydrogen-bond acceptors (Lipinski definition) is 2. The third-order valence-corrected chi connectivity index (χ3v) is 2.00. The van der Waals surface area contributed by atoms with Crippen molar-refractivity contribution in [2.45, 2.75) is 26.9 Å². The number of hydrogen-bond donors (Lipinski definition) is 2. The predicted molar refractivity (Wildman–Crippen MR) is 48.2 cm³/mol. The zero-order valence-corrected chi connectivity index (χ0v) is 7.63. The van der Waals surface area contributed by atoms with Gasteiger partial charge in [0, 0.05) is 0 Å². The lowest BCUT2D eigenvalue weighted by molar-refractivity contribution is 0.199. The molecule has 0 aliphatic rings. The van der Waals surface area contributed by atoms with E-state index in [4.69, 9.17) is 0 Å². The molecule has 0 aliphatic heterocycles. The zero-order chi connectivity index (χ0) is 9.30. The highest BCUT2D eigenvalue weighted by Crippen LogP contribution is 2.25. The van der Waals surface area contributed by atoms with Crippen molar-refractivity contribution in [1.29, 1.82) is 0 Å². The largest absolute Gasteiger partial charge is 0.507 e. The Balaban J connectivity index is 3.21. The molecule has 2 heteroatoms. The predicted octanol–water partition coefficient (Wildman–Crippen LogP) is 2.06. The smallest absolute Gasteiger partial charge is 0.121 e. The Bertz CT molecular complexity index is 267. The maximum Gasteiger partial charge on any atom is 0.121 e. The second-order valence-electron chi connectivity index (χ2n) is 3.18. The Morgan fingerprint density at radius 1 is 1.17 bits per heavy atom. The number of aliphatic hydroxyl groups is 1. The maximum absolute atomic E-state index is 9.43. The third-order valence-electron chi connectivity index (χ3n) is 2.00. The number of benzene rings is 1. The Labute approximate surface area is 72.5 Å². The van der Waals surface area contributed by atoms with E-state index in [1.807, 2.05) is 13.8 Å². The molecular weight excluding hydrogens is 152 g/mol. The topological polar surface area (TPSA) is 40.5 Å². The first-order valence-electron chi connectivity index (χ1n) is 4.00. The highest BCUT2D eigenvalue weighted by molar-refractivity contribution is 5.42.